The van der Waals surface area contributed by atoms with Gasteiger partial charge < -0.3 is 29.6 Å². The minimum absolute atomic E-state index is 0.305. The fourth-order valence-corrected chi connectivity index (χ4v) is 4.55. The number of hydrogen-bond donors (Lipinski definition) is 5. The van der Waals surface area contributed by atoms with Gasteiger partial charge in [0.05, 0.1) is 12.9 Å². The maximum Gasteiger partial charge on any atom is 0.481 e. The van der Waals surface area contributed by atoms with Crippen LogP contribution in [0.15, 0.2) is 25.0 Å². The number of hydrogen-bond acceptors (Lipinski definition) is 10. The van der Waals surface area contributed by atoms with Crippen LogP contribution in [0, 0.1) is 0 Å². The Morgan fingerprint density at radius 1 is 1.07 bits per heavy atom. The summed E-state index contributed by atoms with van der Waals surface area (Å²) in [5, 5.41) is 20.5. The van der Waals surface area contributed by atoms with Gasteiger partial charge in [0.2, 0.25) is 0 Å². The molecular weight excluding hydrogens is 436 g/mol. The summed E-state index contributed by atoms with van der Waals surface area (Å²) >= 11 is 0. The van der Waals surface area contributed by atoms with E-state index in [0.717, 1.165) is 0 Å². The Labute approximate surface area is 161 Å². The van der Waals surface area contributed by atoms with E-state index in [4.69, 9.17) is 14.5 Å². The lowest BCUT2D eigenvalue weighted by atomic mass is 10.1. The summed E-state index contributed by atoms with van der Waals surface area (Å²) in [5.74, 6) is 0. The lowest BCUT2D eigenvalue weighted by Crippen LogP contribution is -2.33. The molecule has 3 aromatic heterocycles. The van der Waals surface area contributed by atoms with Crippen molar-refractivity contribution in [2.45, 2.75) is 24.5 Å². The molecule has 0 spiro atoms. The summed E-state index contributed by atoms with van der Waals surface area (Å²) in [6.07, 6.45) is 0.499. The van der Waals surface area contributed by atoms with E-state index in [9.17, 15) is 24.2 Å². The summed E-state index contributed by atoms with van der Waals surface area (Å²) in [7, 11) is -10.4. The van der Waals surface area contributed by atoms with Gasteiger partial charge in [-0.25, -0.2) is 24.1 Å². The van der Waals surface area contributed by atoms with Crippen molar-refractivity contribution in [1.29, 1.82) is 0 Å². The first-order valence-electron chi connectivity index (χ1n) is 7.96. The predicted molar refractivity (Wildman–Crippen MR) is 91.1 cm³/mol. The summed E-state index contributed by atoms with van der Waals surface area (Å²) in [6.45, 7) is -0.799. The third-order valence-corrected chi connectivity index (χ3v) is 6.33. The highest BCUT2D eigenvalue weighted by Crippen LogP contribution is 2.57. The third kappa shape index (κ3) is 3.98. The lowest BCUT2D eigenvalue weighted by molar-refractivity contribution is -0.0503. The van der Waals surface area contributed by atoms with Crippen LogP contribution in [0.25, 0.3) is 16.8 Å². The molecule has 1 fully saturated rings. The molecule has 1 aliphatic rings. The number of phosphoric acid groups is 2. The molecule has 0 amide bonds. The Balaban J connectivity index is 1.54. The van der Waals surface area contributed by atoms with Crippen LogP contribution in [-0.2, 0) is 22.7 Å². The highest BCUT2D eigenvalue weighted by atomic mass is 31.3. The second kappa shape index (κ2) is 7.18. The molecule has 0 radical (unpaired) electrons. The van der Waals surface area contributed by atoms with Gasteiger partial charge in [-0.05, 0) is 0 Å². The second-order valence-corrected chi connectivity index (χ2v) is 8.94. The zero-order chi connectivity index (χ0) is 21.0. The predicted octanol–water partition coefficient (Wildman–Crippen LogP) is -1.08. The van der Waals surface area contributed by atoms with Crippen molar-refractivity contribution in [2.24, 2.45) is 0 Å². The van der Waals surface area contributed by atoms with Crippen LogP contribution in [0.3, 0.4) is 0 Å². The number of aliphatic hydroxyl groups is 2. The fraction of sp³-hybridized carbons (Fsp3) is 0.417. The maximum atomic E-state index is 11.5. The summed E-state index contributed by atoms with van der Waals surface area (Å²) in [4.78, 5) is 39.1. The molecule has 0 aromatic carbocycles. The molecule has 158 valence electrons. The van der Waals surface area contributed by atoms with E-state index in [0.29, 0.717) is 16.8 Å². The zero-order valence-electron chi connectivity index (χ0n) is 14.2. The van der Waals surface area contributed by atoms with Crippen LogP contribution in [0.2, 0.25) is 0 Å². The van der Waals surface area contributed by atoms with Crippen molar-refractivity contribution in [3.8, 4) is 0 Å². The Bertz CT molecular complexity index is 1140. The molecule has 1 aliphatic heterocycles. The first kappa shape index (κ1) is 20.5. The van der Waals surface area contributed by atoms with Crippen molar-refractivity contribution in [3.05, 3.63) is 25.0 Å². The quantitative estimate of drug-likeness (QED) is 0.283. The third-order valence-electron chi connectivity index (χ3n) is 4.18. The Kier molecular flexibility index (Phi) is 5.07. The molecule has 5 atom stereocenters. The molecule has 4 rings (SSSR count). The smallest absolute Gasteiger partial charge is 0.387 e. The van der Waals surface area contributed by atoms with Crippen molar-refractivity contribution in [2.75, 3.05) is 6.61 Å². The number of phosphoric ester groups is 1. The molecule has 1 saturated heterocycles. The van der Waals surface area contributed by atoms with E-state index in [2.05, 4.69) is 23.8 Å². The number of fused-ring (bicyclic) bond motifs is 3. The van der Waals surface area contributed by atoms with Gasteiger partial charge in [-0.1, -0.05) is 0 Å². The van der Waals surface area contributed by atoms with Gasteiger partial charge in [0.1, 0.15) is 24.6 Å². The van der Waals surface area contributed by atoms with Crippen molar-refractivity contribution in [1.82, 2.24) is 23.9 Å². The van der Waals surface area contributed by atoms with E-state index in [1.807, 2.05) is 0 Å². The molecule has 0 saturated carbocycles. The first-order valence-corrected chi connectivity index (χ1v) is 11.0. The summed E-state index contributed by atoms with van der Waals surface area (Å²) in [6, 6.07) is 0. The summed E-state index contributed by atoms with van der Waals surface area (Å²) < 4.78 is 38.8. The average molecular weight is 451 g/mol. The van der Waals surface area contributed by atoms with Crippen molar-refractivity contribution < 1.29 is 47.6 Å². The summed E-state index contributed by atoms with van der Waals surface area (Å²) in [5.41, 5.74) is 1.23. The van der Waals surface area contributed by atoms with Gasteiger partial charge in [0, 0.05) is 12.4 Å². The molecule has 17 heteroatoms. The number of imidazole rings is 2. The standard InChI is InChI=1S/C12H15N5O10P2/c18-8-6(3-25-29(23,24)27-28(20,21)22)26-12(9(8)19)17-5-14-7-10-13-1-2-16(10)4-15-11(7)17/h1-2,4-6,8-9,12,18-19H,3H2,(H,23,24)(H2,20,21,22). The molecule has 5 unspecified atom stereocenters. The highest BCUT2D eigenvalue weighted by molar-refractivity contribution is 7.60. The van der Waals surface area contributed by atoms with Crippen LogP contribution in [0.4, 0.5) is 0 Å². The molecule has 0 bridgehead atoms. The van der Waals surface area contributed by atoms with Crippen LogP contribution in [-0.4, -0.2) is 73.7 Å². The van der Waals surface area contributed by atoms with E-state index < -0.39 is 46.8 Å². The number of nitrogens with zero attached hydrogens (tertiary/aromatic N) is 5. The Hall–Kier alpha value is -1.77. The molecule has 3 aromatic rings. The van der Waals surface area contributed by atoms with E-state index in [-0.39, 0.29) is 0 Å². The normalized spacial score (nSPS) is 27.6. The largest absolute Gasteiger partial charge is 0.481 e. The minimum Gasteiger partial charge on any atom is -0.387 e. The van der Waals surface area contributed by atoms with E-state index >= 15 is 0 Å². The SMILES string of the molecule is O=P(O)(O)OP(=O)(O)OCC1OC(n2cnc3c2ncn2ccnc32)C(O)C1O. The minimum atomic E-state index is -5.29. The molecule has 0 aliphatic carbocycles. The molecule has 15 nitrogen and oxygen atoms in total. The van der Waals surface area contributed by atoms with Gasteiger partial charge in [-0.15, -0.1) is 0 Å². The van der Waals surface area contributed by atoms with E-state index in [1.54, 1.807) is 16.8 Å². The van der Waals surface area contributed by atoms with Crippen LogP contribution in [0.1, 0.15) is 6.23 Å². The van der Waals surface area contributed by atoms with Crippen LogP contribution in [0.5, 0.6) is 0 Å². The average Bonchev–Trinajstić information content (AvgIpc) is 3.29. The molecule has 5 N–H and O–H groups in total. The van der Waals surface area contributed by atoms with Crippen molar-refractivity contribution >= 4 is 32.5 Å². The number of aromatic nitrogens is 5. The fourth-order valence-electron chi connectivity index (χ4n) is 2.96. The number of ether oxygens (including phenoxy) is 1. The molecule has 4 heterocycles. The van der Waals surface area contributed by atoms with Crippen LogP contribution < -0.4 is 0 Å². The second-order valence-electron chi connectivity index (χ2n) is 6.11. The Morgan fingerprint density at radius 3 is 2.55 bits per heavy atom. The van der Waals surface area contributed by atoms with Crippen LogP contribution >= 0.6 is 15.6 Å². The van der Waals surface area contributed by atoms with Gasteiger partial charge in [0.15, 0.2) is 23.0 Å². The highest BCUT2D eigenvalue weighted by Gasteiger charge is 2.46. The monoisotopic (exact) mass is 451 g/mol. The number of rotatable bonds is 6. The first-order chi connectivity index (χ1) is 13.6. The molecule has 29 heavy (non-hydrogen) atoms. The number of aliphatic hydroxyl groups excluding tert-OH is 2. The zero-order valence-corrected chi connectivity index (χ0v) is 16.0. The van der Waals surface area contributed by atoms with Gasteiger partial charge in [0.25, 0.3) is 0 Å². The maximum absolute atomic E-state index is 11.5. The van der Waals surface area contributed by atoms with Gasteiger partial charge in [-0.2, -0.15) is 4.31 Å². The Morgan fingerprint density at radius 2 is 1.83 bits per heavy atom. The van der Waals surface area contributed by atoms with Gasteiger partial charge in [-0.3, -0.25) is 13.5 Å². The lowest BCUT2D eigenvalue weighted by Gasteiger charge is -2.17. The van der Waals surface area contributed by atoms with Gasteiger partial charge >= 0.3 is 15.6 Å². The van der Waals surface area contributed by atoms with E-state index in [1.165, 1.54) is 17.2 Å². The topological polar surface area (TPSA) is 211 Å². The molecular formula is C12H15N5O10P2. The van der Waals surface area contributed by atoms with Crippen molar-refractivity contribution in [3.63, 3.8) is 0 Å².